The van der Waals surface area contributed by atoms with E-state index >= 15 is 0 Å². The van der Waals surface area contributed by atoms with Crippen LogP contribution < -0.4 is 10.5 Å². The lowest BCUT2D eigenvalue weighted by Gasteiger charge is -2.09. The van der Waals surface area contributed by atoms with Crippen molar-refractivity contribution < 1.29 is 12.9 Å². The summed E-state index contributed by atoms with van der Waals surface area (Å²) in [5, 5.41) is 3.62. The van der Waals surface area contributed by atoms with Crippen molar-refractivity contribution >= 4 is 27.2 Å². The van der Waals surface area contributed by atoms with E-state index in [0.29, 0.717) is 11.3 Å². The normalized spacial score (nSPS) is 11.4. The molecule has 0 aliphatic carbocycles. The van der Waals surface area contributed by atoms with Crippen molar-refractivity contribution in [1.29, 1.82) is 0 Å². The fraction of sp³-hybridized carbons (Fsp3) is 0.0909. The van der Waals surface area contributed by atoms with Crippen molar-refractivity contribution in [2.75, 3.05) is 0 Å². The molecule has 1 aromatic heterocycles. The number of benzene rings is 1. The molecule has 0 amide bonds. The Balaban J connectivity index is 2.27. The molecule has 0 saturated heterocycles. The molecule has 19 heavy (non-hydrogen) atoms. The third-order valence-corrected chi connectivity index (χ3v) is 4.06. The van der Waals surface area contributed by atoms with Crippen molar-refractivity contribution in [2.24, 2.45) is 5.73 Å². The van der Waals surface area contributed by atoms with Crippen molar-refractivity contribution in [3.05, 3.63) is 47.9 Å². The van der Waals surface area contributed by atoms with Crippen molar-refractivity contribution in [2.45, 2.75) is 11.4 Å². The van der Waals surface area contributed by atoms with Gasteiger partial charge in [0.15, 0.2) is 0 Å². The van der Waals surface area contributed by atoms with E-state index in [4.69, 9.17) is 18.0 Å². The first-order valence-corrected chi connectivity index (χ1v) is 7.17. The van der Waals surface area contributed by atoms with Crippen LogP contribution in [0.4, 0.5) is 0 Å². The van der Waals surface area contributed by atoms with Crippen LogP contribution >= 0.6 is 12.2 Å². The number of hydrogen-bond acceptors (Lipinski definition) is 5. The van der Waals surface area contributed by atoms with Crippen LogP contribution in [-0.2, 0) is 16.6 Å². The largest absolute Gasteiger partial charge is 0.389 e. The lowest BCUT2D eigenvalue weighted by atomic mass is 10.2. The van der Waals surface area contributed by atoms with Crippen molar-refractivity contribution in [3.8, 4) is 0 Å². The third kappa shape index (κ3) is 3.16. The third-order valence-electron chi connectivity index (χ3n) is 2.38. The van der Waals surface area contributed by atoms with Gasteiger partial charge in [0.2, 0.25) is 10.0 Å². The second-order valence-corrected chi connectivity index (χ2v) is 5.85. The highest BCUT2D eigenvalue weighted by Crippen LogP contribution is 2.15. The molecule has 0 aliphatic heterocycles. The van der Waals surface area contributed by atoms with E-state index in [-0.39, 0.29) is 16.4 Å². The molecule has 2 rings (SSSR count). The first kappa shape index (κ1) is 13.7. The topological polar surface area (TPSA) is 98.2 Å². The zero-order valence-corrected chi connectivity index (χ0v) is 11.4. The molecule has 6 nitrogen and oxygen atoms in total. The van der Waals surface area contributed by atoms with E-state index in [1.54, 1.807) is 24.3 Å². The summed E-state index contributed by atoms with van der Waals surface area (Å²) in [5.74, 6) is 0. The second kappa shape index (κ2) is 5.47. The summed E-state index contributed by atoms with van der Waals surface area (Å²) in [6, 6.07) is 7.85. The number of nitrogens with two attached hydrogens (primary N) is 1. The lowest BCUT2D eigenvalue weighted by molar-refractivity contribution is 0.411. The highest BCUT2D eigenvalue weighted by molar-refractivity contribution is 7.89. The van der Waals surface area contributed by atoms with Gasteiger partial charge in [-0.2, -0.15) is 0 Å². The van der Waals surface area contributed by atoms with Crippen LogP contribution in [0.3, 0.4) is 0 Å². The Kier molecular flexibility index (Phi) is 3.93. The van der Waals surface area contributed by atoms with Gasteiger partial charge < -0.3 is 10.3 Å². The Hall–Kier alpha value is -1.77. The number of thiocarbonyl (C=S) groups is 1. The maximum Gasteiger partial charge on any atom is 0.241 e. The Bertz CT molecular complexity index is 681. The minimum atomic E-state index is -3.71. The van der Waals surface area contributed by atoms with Crippen molar-refractivity contribution in [1.82, 2.24) is 9.88 Å². The van der Waals surface area contributed by atoms with Gasteiger partial charge in [0.05, 0.1) is 17.1 Å². The Labute approximate surface area is 115 Å². The van der Waals surface area contributed by atoms with Gasteiger partial charge in [-0.15, -0.1) is 0 Å². The number of hydrogen-bond donors (Lipinski definition) is 2. The molecular weight excluding hydrogens is 286 g/mol. The average molecular weight is 297 g/mol. The number of rotatable bonds is 5. The molecular formula is C11H11N3O3S2. The summed E-state index contributed by atoms with van der Waals surface area (Å²) in [6.45, 7) is 0.0322. The van der Waals surface area contributed by atoms with Gasteiger partial charge in [-0.3, -0.25) is 0 Å². The molecule has 8 heteroatoms. The molecule has 0 fully saturated rings. The smallest absolute Gasteiger partial charge is 0.241 e. The quantitative estimate of drug-likeness (QED) is 0.792. The number of aromatic nitrogens is 1. The molecule has 0 aliphatic rings. The molecule has 0 atom stereocenters. The van der Waals surface area contributed by atoms with Gasteiger partial charge in [-0.1, -0.05) is 35.6 Å². The molecule has 1 heterocycles. The minimum absolute atomic E-state index is 0.0300. The summed E-state index contributed by atoms with van der Waals surface area (Å²) < 4.78 is 31.4. The van der Waals surface area contributed by atoms with Crippen LogP contribution in [0.1, 0.15) is 11.3 Å². The molecule has 0 bridgehead atoms. The zero-order valence-electron chi connectivity index (χ0n) is 9.74. The maximum atomic E-state index is 12.2. The van der Waals surface area contributed by atoms with Crippen LogP contribution in [0.2, 0.25) is 0 Å². The summed E-state index contributed by atoms with van der Waals surface area (Å²) in [6.07, 6.45) is 1.37. The van der Waals surface area contributed by atoms with Gasteiger partial charge in [0.1, 0.15) is 11.3 Å². The first-order chi connectivity index (χ1) is 9.00. The number of nitrogens with zero attached hydrogens (tertiary/aromatic N) is 1. The summed E-state index contributed by atoms with van der Waals surface area (Å²) in [7, 11) is -3.71. The minimum Gasteiger partial charge on any atom is -0.389 e. The second-order valence-electron chi connectivity index (χ2n) is 3.68. The predicted octanol–water partition coefficient (Wildman–Crippen LogP) is 0.787. The summed E-state index contributed by atoms with van der Waals surface area (Å²) in [4.78, 5) is 0.0772. The van der Waals surface area contributed by atoms with E-state index in [9.17, 15) is 8.42 Å². The van der Waals surface area contributed by atoms with E-state index < -0.39 is 10.0 Å². The molecule has 2 aromatic rings. The molecule has 3 N–H and O–H groups in total. The van der Waals surface area contributed by atoms with E-state index in [1.165, 1.54) is 12.3 Å². The van der Waals surface area contributed by atoms with Crippen molar-refractivity contribution in [3.63, 3.8) is 0 Å². The van der Waals surface area contributed by atoms with Gasteiger partial charge in [-0.25, -0.2) is 13.1 Å². The fourth-order valence-electron chi connectivity index (χ4n) is 1.48. The average Bonchev–Trinajstić information content (AvgIpc) is 2.89. The van der Waals surface area contributed by atoms with Crippen LogP contribution in [0.25, 0.3) is 0 Å². The van der Waals surface area contributed by atoms with Crippen LogP contribution in [0.15, 0.2) is 46.0 Å². The molecule has 0 saturated carbocycles. The lowest BCUT2D eigenvalue weighted by Crippen LogP contribution is -2.26. The Morgan fingerprint density at radius 2 is 2.11 bits per heavy atom. The molecule has 0 spiro atoms. The number of sulfonamides is 1. The number of nitrogens with one attached hydrogen (secondary N) is 1. The maximum absolute atomic E-state index is 12.2. The molecule has 0 radical (unpaired) electrons. The van der Waals surface area contributed by atoms with E-state index in [0.717, 1.165) is 0 Å². The molecule has 0 unspecified atom stereocenters. The summed E-state index contributed by atoms with van der Waals surface area (Å²) >= 11 is 4.84. The Morgan fingerprint density at radius 3 is 2.74 bits per heavy atom. The van der Waals surface area contributed by atoms with E-state index in [2.05, 4.69) is 14.4 Å². The SMILES string of the molecule is NC(=S)c1ccccc1S(=O)(=O)NCc1ccon1. The van der Waals surface area contributed by atoms with Gasteiger partial charge in [-0.05, 0) is 6.07 Å². The van der Waals surface area contributed by atoms with Gasteiger partial charge in [0, 0.05) is 11.6 Å². The summed E-state index contributed by atoms with van der Waals surface area (Å²) in [5.41, 5.74) is 6.31. The van der Waals surface area contributed by atoms with Crippen LogP contribution in [-0.4, -0.2) is 18.6 Å². The van der Waals surface area contributed by atoms with Crippen LogP contribution in [0, 0.1) is 0 Å². The van der Waals surface area contributed by atoms with E-state index in [1.807, 2.05) is 0 Å². The highest BCUT2D eigenvalue weighted by Gasteiger charge is 2.19. The molecule has 100 valence electrons. The standard InChI is InChI=1S/C11H11N3O3S2/c12-11(18)9-3-1-2-4-10(9)19(15,16)13-7-8-5-6-17-14-8/h1-6,13H,7H2,(H2,12,18). The van der Waals surface area contributed by atoms with Crippen LogP contribution in [0.5, 0.6) is 0 Å². The van der Waals surface area contributed by atoms with Gasteiger partial charge >= 0.3 is 0 Å². The molecule has 1 aromatic carbocycles. The highest BCUT2D eigenvalue weighted by atomic mass is 32.2. The Morgan fingerprint density at radius 1 is 1.37 bits per heavy atom. The van der Waals surface area contributed by atoms with Gasteiger partial charge in [0.25, 0.3) is 0 Å². The first-order valence-electron chi connectivity index (χ1n) is 5.28. The zero-order chi connectivity index (χ0) is 13.9. The fourth-order valence-corrected chi connectivity index (χ4v) is 2.94. The monoisotopic (exact) mass is 297 g/mol. The predicted molar refractivity (Wildman–Crippen MR) is 72.9 cm³/mol.